The average molecular weight is 279 g/mol. The zero-order valence-electron chi connectivity index (χ0n) is 11.4. The number of carbonyl (C=O) groups is 2. The van der Waals surface area contributed by atoms with Gasteiger partial charge in [-0.15, -0.1) is 0 Å². The third-order valence-electron chi connectivity index (χ3n) is 3.28. The first-order valence-corrected chi connectivity index (χ1v) is 6.87. The smallest absolute Gasteiger partial charge is 0.220 e. The van der Waals surface area contributed by atoms with Crippen LogP contribution in [0.25, 0.3) is 0 Å². The molecule has 0 saturated carbocycles. The SMILES string of the molecule is CCCCC(=O)NC1CCOc2ccc(F)cc2C1=O. The number of amides is 1. The zero-order chi connectivity index (χ0) is 14.5. The van der Waals surface area contributed by atoms with Crippen molar-refractivity contribution in [3.8, 4) is 5.75 Å². The van der Waals surface area contributed by atoms with Crippen LogP contribution >= 0.6 is 0 Å². The van der Waals surface area contributed by atoms with Crippen molar-refractivity contribution in [3.63, 3.8) is 0 Å². The molecule has 2 rings (SSSR count). The predicted octanol–water partition coefficient (Wildman–Crippen LogP) is 2.47. The molecule has 1 heterocycles. The summed E-state index contributed by atoms with van der Waals surface area (Å²) in [7, 11) is 0. The molecule has 0 aromatic heterocycles. The number of hydrogen-bond acceptors (Lipinski definition) is 3. The Morgan fingerprint density at radius 1 is 1.50 bits per heavy atom. The van der Waals surface area contributed by atoms with Gasteiger partial charge in [-0.05, 0) is 24.6 Å². The molecule has 108 valence electrons. The second-order valence-corrected chi connectivity index (χ2v) is 4.87. The molecule has 1 aromatic carbocycles. The van der Waals surface area contributed by atoms with Crippen LogP contribution in [-0.4, -0.2) is 24.3 Å². The van der Waals surface area contributed by atoms with E-state index in [4.69, 9.17) is 4.74 Å². The molecule has 0 bridgehead atoms. The first-order valence-electron chi connectivity index (χ1n) is 6.87. The van der Waals surface area contributed by atoms with Gasteiger partial charge in [0.25, 0.3) is 0 Å². The maximum Gasteiger partial charge on any atom is 0.220 e. The minimum atomic E-state index is -0.637. The van der Waals surface area contributed by atoms with E-state index in [1.807, 2.05) is 6.92 Å². The van der Waals surface area contributed by atoms with E-state index in [1.54, 1.807) is 0 Å². The fourth-order valence-corrected chi connectivity index (χ4v) is 2.17. The molecule has 1 N–H and O–H groups in total. The number of hydrogen-bond donors (Lipinski definition) is 1. The highest BCUT2D eigenvalue weighted by Gasteiger charge is 2.27. The van der Waals surface area contributed by atoms with E-state index in [9.17, 15) is 14.0 Å². The molecule has 5 heteroatoms. The van der Waals surface area contributed by atoms with E-state index in [1.165, 1.54) is 12.1 Å². The van der Waals surface area contributed by atoms with E-state index in [0.717, 1.165) is 18.9 Å². The Bertz CT molecular complexity index is 516. The summed E-state index contributed by atoms with van der Waals surface area (Å²) in [5.74, 6) is -0.549. The van der Waals surface area contributed by atoms with E-state index in [-0.39, 0.29) is 17.3 Å². The molecular weight excluding hydrogens is 261 g/mol. The van der Waals surface area contributed by atoms with Gasteiger partial charge in [-0.1, -0.05) is 13.3 Å². The van der Waals surface area contributed by atoms with Gasteiger partial charge in [0.1, 0.15) is 11.6 Å². The average Bonchev–Trinajstić information content (AvgIpc) is 2.58. The molecule has 1 unspecified atom stereocenters. The van der Waals surface area contributed by atoms with Gasteiger partial charge >= 0.3 is 0 Å². The lowest BCUT2D eigenvalue weighted by Gasteiger charge is -2.14. The predicted molar refractivity (Wildman–Crippen MR) is 72.3 cm³/mol. The zero-order valence-corrected chi connectivity index (χ0v) is 11.4. The second kappa shape index (κ2) is 6.50. The largest absolute Gasteiger partial charge is 0.493 e. The number of nitrogens with one attached hydrogen (secondary N) is 1. The standard InChI is InChI=1S/C15H18FNO3/c1-2-3-4-14(18)17-12-7-8-20-13-6-5-10(16)9-11(13)15(12)19/h5-6,9,12H,2-4,7-8H2,1H3,(H,17,18). The van der Waals surface area contributed by atoms with Crippen molar-refractivity contribution in [2.24, 2.45) is 0 Å². The molecule has 0 spiro atoms. The number of ketones is 1. The Morgan fingerprint density at radius 2 is 2.30 bits per heavy atom. The molecule has 1 atom stereocenters. The van der Waals surface area contributed by atoms with Gasteiger partial charge in [0, 0.05) is 12.8 Å². The maximum atomic E-state index is 13.3. The van der Waals surface area contributed by atoms with Gasteiger partial charge in [-0.25, -0.2) is 4.39 Å². The Kier molecular flexibility index (Phi) is 4.71. The van der Waals surface area contributed by atoms with Crippen molar-refractivity contribution in [1.29, 1.82) is 0 Å². The summed E-state index contributed by atoms with van der Waals surface area (Å²) >= 11 is 0. The number of ether oxygens (including phenoxy) is 1. The minimum absolute atomic E-state index is 0.148. The summed E-state index contributed by atoms with van der Waals surface area (Å²) < 4.78 is 18.7. The number of unbranched alkanes of at least 4 members (excludes halogenated alkanes) is 1. The van der Waals surface area contributed by atoms with Crippen LogP contribution in [-0.2, 0) is 4.79 Å². The monoisotopic (exact) mass is 279 g/mol. The Balaban J connectivity index is 2.12. The summed E-state index contributed by atoms with van der Waals surface area (Å²) in [4.78, 5) is 24.1. The van der Waals surface area contributed by atoms with Crippen LogP contribution < -0.4 is 10.1 Å². The first kappa shape index (κ1) is 14.5. The fourth-order valence-electron chi connectivity index (χ4n) is 2.17. The normalized spacial score (nSPS) is 17.9. The topological polar surface area (TPSA) is 55.4 Å². The van der Waals surface area contributed by atoms with Crippen molar-refractivity contribution in [1.82, 2.24) is 5.32 Å². The Labute approximate surface area is 117 Å². The lowest BCUT2D eigenvalue weighted by atomic mass is 10.0. The number of rotatable bonds is 4. The molecule has 0 aliphatic carbocycles. The van der Waals surface area contributed by atoms with Gasteiger partial charge < -0.3 is 10.1 Å². The highest BCUT2D eigenvalue weighted by molar-refractivity contribution is 6.04. The Morgan fingerprint density at radius 3 is 3.05 bits per heavy atom. The van der Waals surface area contributed by atoms with Crippen LogP contribution in [0.15, 0.2) is 18.2 Å². The van der Waals surface area contributed by atoms with Crippen molar-refractivity contribution in [2.75, 3.05) is 6.61 Å². The van der Waals surface area contributed by atoms with Crippen molar-refractivity contribution >= 4 is 11.7 Å². The van der Waals surface area contributed by atoms with Crippen LogP contribution in [0.4, 0.5) is 4.39 Å². The van der Waals surface area contributed by atoms with E-state index in [0.29, 0.717) is 25.2 Å². The van der Waals surface area contributed by atoms with E-state index in [2.05, 4.69) is 5.32 Å². The molecule has 1 aliphatic heterocycles. The molecule has 4 nitrogen and oxygen atoms in total. The molecule has 1 amide bonds. The quantitative estimate of drug-likeness (QED) is 0.921. The van der Waals surface area contributed by atoms with Crippen LogP contribution in [0.2, 0.25) is 0 Å². The molecule has 0 radical (unpaired) electrons. The lowest BCUT2D eigenvalue weighted by molar-refractivity contribution is -0.121. The van der Waals surface area contributed by atoms with Gasteiger partial charge in [0.05, 0.1) is 18.2 Å². The third kappa shape index (κ3) is 3.35. The first-order chi connectivity index (χ1) is 9.61. The molecule has 1 aromatic rings. The van der Waals surface area contributed by atoms with Crippen LogP contribution in [0.3, 0.4) is 0 Å². The molecule has 0 saturated heterocycles. The molecular formula is C15H18FNO3. The number of halogens is 1. The van der Waals surface area contributed by atoms with Crippen molar-refractivity contribution in [3.05, 3.63) is 29.6 Å². The van der Waals surface area contributed by atoms with E-state index >= 15 is 0 Å². The van der Waals surface area contributed by atoms with Crippen LogP contribution in [0.1, 0.15) is 43.0 Å². The number of Topliss-reactive ketones (excluding diaryl/α,β-unsaturated/α-hetero) is 1. The summed E-state index contributed by atoms with van der Waals surface area (Å²) in [5, 5.41) is 2.71. The minimum Gasteiger partial charge on any atom is -0.493 e. The number of carbonyl (C=O) groups excluding carboxylic acids is 2. The lowest BCUT2D eigenvalue weighted by Crippen LogP contribution is -2.40. The van der Waals surface area contributed by atoms with Crippen molar-refractivity contribution in [2.45, 2.75) is 38.6 Å². The van der Waals surface area contributed by atoms with Crippen molar-refractivity contribution < 1.29 is 18.7 Å². The fraction of sp³-hybridized carbons (Fsp3) is 0.467. The number of fused-ring (bicyclic) bond motifs is 1. The summed E-state index contributed by atoms with van der Waals surface area (Å²) in [6, 6.07) is 3.23. The maximum absolute atomic E-state index is 13.3. The second-order valence-electron chi connectivity index (χ2n) is 4.87. The van der Waals surface area contributed by atoms with Gasteiger partial charge in [-0.3, -0.25) is 9.59 Å². The number of benzene rings is 1. The van der Waals surface area contributed by atoms with E-state index < -0.39 is 11.9 Å². The molecule has 0 fully saturated rings. The summed E-state index contributed by atoms with van der Waals surface area (Å²) in [6.45, 7) is 2.32. The van der Waals surface area contributed by atoms with Crippen LogP contribution in [0, 0.1) is 5.82 Å². The van der Waals surface area contributed by atoms with Gasteiger partial charge in [0.2, 0.25) is 5.91 Å². The third-order valence-corrected chi connectivity index (χ3v) is 3.28. The Hall–Kier alpha value is -1.91. The highest BCUT2D eigenvalue weighted by Crippen LogP contribution is 2.25. The summed E-state index contributed by atoms with van der Waals surface area (Å²) in [5.41, 5.74) is 0.197. The summed E-state index contributed by atoms with van der Waals surface area (Å²) in [6.07, 6.45) is 2.50. The van der Waals surface area contributed by atoms with Gasteiger partial charge in [-0.2, -0.15) is 0 Å². The van der Waals surface area contributed by atoms with Crippen LogP contribution in [0.5, 0.6) is 5.75 Å². The molecule has 20 heavy (non-hydrogen) atoms. The highest BCUT2D eigenvalue weighted by atomic mass is 19.1. The van der Waals surface area contributed by atoms with Gasteiger partial charge in [0.15, 0.2) is 5.78 Å². The molecule has 1 aliphatic rings.